The maximum atomic E-state index is 11.8. The normalized spacial score (nSPS) is 12.4. The van der Waals surface area contributed by atoms with E-state index >= 15 is 0 Å². The number of rotatable bonds is 8. The van der Waals surface area contributed by atoms with Gasteiger partial charge in [0.25, 0.3) is 0 Å². The molecule has 6 nitrogen and oxygen atoms in total. The number of hydrogen-bond acceptors (Lipinski definition) is 5. The molecule has 0 bridgehead atoms. The van der Waals surface area contributed by atoms with Crippen LogP contribution in [0.15, 0.2) is 18.3 Å². The monoisotopic (exact) mass is 281 g/mol. The quantitative estimate of drug-likeness (QED) is 0.732. The first-order chi connectivity index (χ1) is 9.51. The molecule has 112 valence electrons. The third kappa shape index (κ3) is 6.60. The van der Waals surface area contributed by atoms with Gasteiger partial charge in [-0.05, 0) is 38.6 Å². The minimum atomic E-state index is -0.593. The molecule has 6 heteroatoms. The van der Waals surface area contributed by atoms with Crippen molar-refractivity contribution in [3.63, 3.8) is 0 Å². The van der Waals surface area contributed by atoms with Crippen molar-refractivity contribution in [3.8, 4) is 0 Å². The van der Waals surface area contributed by atoms with Crippen molar-refractivity contribution < 1.29 is 14.6 Å². The number of nitrogens with one attached hydrogen (secondary N) is 1. The Morgan fingerprint density at radius 3 is 3.00 bits per heavy atom. The number of pyridine rings is 1. The topological polar surface area (TPSA) is 74.7 Å². The van der Waals surface area contributed by atoms with E-state index in [0.717, 1.165) is 5.56 Å². The number of aromatic nitrogens is 1. The number of amides is 1. The van der Waals surface area contributed by atoms with Crippen LogP contribution in [-0.4, -0.2) is 60.4 Å². The van der Waals surface area contributed by atoms with Gasteiger partial charge < -0.3 is 15.2 Å². The van der Waals surface area contributed by atoms with E-state index in [2.05, 4.69) is 10.3 Å². The van der Waals surface area contributed by atoms with Gasteiger partial charge in [-0.15, -0.1) is 0 Å². The maximum Gasteiger partial charge on any atom is 0.239 e. The average molecular weight is 281 g/mol. The molecular formula is C14H23N3O3. The summed E-state index contributed by atoms with van der Waals surface area (Å²) < 4.78 is 5.12. The summed E-state index contributed by atoms with van der Waals surface area (Å²) in [6.45, 7) is 5.24. The smallest absolute Gasteiger partial charge is 0.239 e. The number of ether oxygens (including phenoxy) is 1. The molecule has 1 aromatic rings. The van der Waals surface area contributed by atoms with Crippen LogP contribution < -0.4 is 5.32 Å². The second-order valence-corrected chi connectivity index (χ2v) is 4.78. The van der Waals surface area contributed by atoms with Crippen molar-refractivity contribution in [2.45, 2.75) is 20.0 Å². The molecule has 0 fully saturated rings. The molecule has 0 spiro atoms. The highest BCUT2D eigenvalue weighted by Crippen LogP contribution is 2.05. The number of aliphatic hydroxyl groups is 1. The first-order valence-electron chi connectivity index (χ1n) is 6.68. The molecule has 1 heterocycles. The fourth-order valence-corrected chi connectivity index (χ4v) is 1.76. The lowest BCUT2D eigenvalue weighted by Gasteiger charge is -2.19. The van der Waals surface area contributed by atoms with Gasteiger partial charge in [-0.25, -0.2) is 4.98 Å². The summed E-state index contributed by atoms with van der Waals surface area (Å²) in [5, 5.41) is 12.4. The van der Waals surface area contributed by atoms with Gasteiger partial charge in [0, 0.05) is 19.3 Å². The number of nitrogens with zero attached hydrogens (tertiary/aromatic N) is 2. The van der Waals surface area contributed by atoms with E-state index in [1.165, 1.54) is 0 Å². The van der Waals surface area contributed by atoms with E-state index in [-0.39, 0.29) is 19.1 Å². The minimum Gasteiger partial charge on any atom is -0.389 e. The molecule has 0 aliphatic rings. The van der Waals surface area contributed by atoms with E-state index in [4.69, 9.17) is 4.74 Å². The Balaban J connectivity index is 2.34. The maximum absolute atomic E-state index is 11.8. The van der Waals surface area contributed by atoms with Crippen LogP contribution in [0.25, 0.3) is 0 Å². The predicted molar refractivity (Wildman–Crippen MR) is 77.6 cm³/mol. The summed E-state index contributed by atoms with van der Waals surface area (Å²) in [6, 6.07) is 3.67. The Bertz CT molecular complexity index is 426. The molecule has 0 radical (unpaired) electrons. The first-order valence-corrected chi connectivity index (χ1v) is 6.68. The zero-order valence-electron chi connectivity index (χ0n) is 12.3. The molecule has 1 amide bonds. The molecule has 20 heavy (non-hydrogen) atoms. The molecular weight excluding hydrogens is 258 g/mol. The van der Waals surface area contributed by atoms with Crippen LogP contribution in [0.4, 0.5) is 5.82 Å². The molecule has 0 saturated heterocycles. The summed E-state index contributed by atoms with van der Waals surface area (Å²) in [7, 11) is 1.78. The zero-order valence-corrected chi connectivity index (χ0v) is 12.3. The summed E-state index contributed by atoms with van der Waals surface area (Å²) in [4.78, 5) is 17.6. The zero-order chi connectivity index (χ0) is 15.0. The minimum absolute atomic E-state index is 0.158. The highest BCUT2D eigenvalue weighted by molar-refractivity contribution is 5.91. The third-order valence-electron chi connectivity index (χ3n) is 2.63. The lowest BCUT2D eigenvalue weighted by Crippen LogP contribution is -2.37. The van der Waals surface area contributed by atoms with Gasteiger partial charge >= 0.3 is 0 Å². The number of carbonyl (C=O) groups excluding carboxylic acids is 1. The molecule has 0 aliphatic heterocycles. The second-order valence-electron chi connectivity index (χ2n) is 4.78. The second kappa shape index (κ2) is 8.63. The highest BCUT2D eigenvalue weighted by atomic mass is 16.5. The van der Waals surface area contributed by atoms with Crippen LogP contribution >= 0.6 is 0 Å². The molecule has 0 saturated carbocycles. The SMILES string of the molecule is CCOCC(O)CN(C)CC(=O)Nc1cc(C)ccn1. The molecule has 1 rings (SSSR count). The van der Waals surface area contributed by atoms with Crippen LogP contribution in [0, 0.1) is 6.92 Å². The number of aliphatic hydroxyl groups excluding tert-OH is 1. The van der Waals surface area contributed by atoms with Crippen molar-refractivity contribution in [1.82, 2.24) is 9.88 Å². The van der Waals surface area contributed by atoms with E-state index in [1.807, 2.05) is 26.0 Å². The van der Waals surface area contributed by atoms with Crippen molar-refractivity contribution in [2.75, 3.05) is 38.7 Å². The fourth-order valence-electron chi connectivity index (χ4n) is 1.76. The van der Waals surface area contributed by atoms with Gasteiger partial charge in [0.2, 0.25) is 5.91 Å². The van der Waals surface area contributed by atoms with Gasteiger partial charge in [0.05, 0.1) is 19.3 Å². The number of likely N-dealkylation sites (N-methyl/N-ethyl adjacent to an activating group) is 1. The highest BCUT2D eigenvalue weighted by Gasteiger charge is 2.12. The standard InChI is InChI=1S/C14H23N3O3/c1-4-20-10-12(18)8-17(3)9-14(19)16-13-7-11(2)5-6-15-13/h5-7,12,18H,4,8-10H2,1-3H3,(H,15,16,19). The van der Waals surface area contributed by atoms with Gasteiger partial charge in [-0.2, -0.15) is 0 Å². The summed E-state index contributed by atoms with van der Waals surface area (Å²) in [5.74, 6) is 0.382. The molecule has 1 unspecified atom stereocenters. The Morgan fingerprint density at radius 2 is 2.35 bits per heavy atom. The van der Waals surface area contributed by atoms with Gasteiger partial charge in [-0.3, -0.25) is 9.69 Å². The number of aryl methyl sites for hydroxylation is 1. The Kier molecular flexibility index (Phi) is 7.14. The van der Waals surface area contributed by atoms with Gasteiger partial charge in [-0.1, -0.05) is 0 Å². The Hall–Kier alpha value is -1.50. The number of anilines is 1. The van der Waals surface area contributed by atoms with Crippen LogP contribution in [0.5, 0.6) is 0 Å². The van der Waals surface area contributed by atoms with E-state index in [0.29, 0.717) is 19.0 Å². The lowest BCUT2D eigenvalue weighted by molar-refractivity contribution is -0.117. The van der Waals surface area contributed by atoms with Crippen molar-refractivity contribution >= 4 is 11.7 Å². The van der Waals surface area contributed by atoms with Crippen molar-refractivity contribution in [2.24, 2.45) is 0 Å². The Labute approximate surface area is 119 Å². The summed E-state index contributed by atoms with van der Waals surface area (Å²) in [6.07, 6.45) is 1.06. The van der Waals surface area contributed by atoms with Gasteiger partial charge in [0.1, 0.15) is 5.82 Å². The van der Waals surface area contributed by atoms with Crippen LogP contribution in [0.2, 0.25) is 0 Å². The average Bonchev–Trinajstić information content (AvgIpc) is 2.35. The predicted octanol–water partition coefficient (Wildman–Crippen LogP) is 0.658. The Morgan fingerprint density at radius 1 is 1.60 bits per heavy atom. The van der Waals surface area contributed by atoms with Gasteiger partial charge in [0.15, 0.2) is 0 Å². The van der Waals surface area contributed by atoms with Crippen molar-refractivity contribution in [1.29, 1.82) is 0 Å². The summed E-state index contributed by atoms with van der Waals surface area (Å²) in [5.41, 5.74) is 1.04. The van der Waals surface area contributed by atoms with Crippen LogP contribution in [0.1, 0.15) is 12.5 Å². The first kappa shape index (κ1) is 16.6. The van der Waals surface area contributed by atoms with Crippen molar-refractivity contribution in [3.05, 3.63) is 23.9 Å². The lowest BCUT2D eigenvalue weighted by atomic mass is 10.3. The number of carbonyl (C=O) groups is 1. The van der Waals surface area contributed by atoms with E-state index in [9.17, 15) is 9.90 Å². The molecule has 1 aromatic heterocycles. The molecule has 1 atom stereocenters. The van der Waals surface area contributed by atoms with E-state index in [1.54, 1.807) is 18.1 Å². The third-order valence-corrected chi connectivity index (χ3v) is 2.63. The molecule has 0 aromatic carbocycles. The molecule has 2 N–H and O–H groups in total. The van der Waals surface area contributed by atoms with Crippen LogP contribution in [0.3, 0.4) is 0 Å². The number of hydrogen-bond donors (Lipinski definition) is 2. The van der Waals surface area contributed by atoms with E-state index < -0.39 is 6.10 Å². The fraction of sp³-hybridized carbons (Fsp3) is 0.571. The van der Waals surface area contributed by atoms with Crippen LogP contribution in [-0.2, 0) is 9.53 Å². The molecule has 0 aliphatic carbocycles. The summed E-state index contributed by atoms with van der Waals surface area (Å²) >= 11 is 0. The largest absolute Gasteiger partial charge is 0.389 e.